The van der Waals surface area contributed by atoms with Crippen LogP contribution in [0, 0.1) is 13.8 Å². The summed E-state index contributed by atoms with van der Waals surface area (Å²) < 4.78 is 10.8. The second kappa shape index (κ2) is 10.9. The van der Waals surface area contributed by atoms with Crippen LogP contribution in [0.1, 0.15) is 49.3 Å². The first-order chi connectivity index (χ1) is 19.4. The molecule has 0 aliphatic carbocycles. The van der Waals surface area contributed by atoms with E-state index in [2.05, 4.69) is 34.6 Å². The maximum atomic E-state index is 12.9. The van der Waals surface area contributed by atoms with Gasteiger partial charge in [-0.05, 0) is 70.4 Å². The number of amidine groups is 1. The number of amides is 1. The molecule has 3 heterocycles. The molecule has 1 aromatic heterocycles. The molecule has 3 N–H and O–H groups in total. The average molecular weight is 576 g/mol. The minimum atomic E-state index is -1.02. The van der Waals surface area contributed by atoms with E-state index in [9.17, 15) is 9.59 Å². The van der Waals surface area contributed by atoms with Crippen molar-refractivity contribution < 1.29 is 24.2 Å². The van der Waals surface area contributed by atoms with E-state index in [1.165, 1.54) is 4.88 Å². The Morgan fingerprint density at radius 3 is 2.24 bits per heavy atom. The van der Waals surface area contributed by atoms with Crippen LogP contribution in [0.15, 0.2) is 58.6 Å². The molecule has 0 saturated heterocycles. The number of rotatable bonds is 6. The molecule has 11 heteroatoms. The highest BCUT2D eigenvalue weighted by Crippen LogP contribution is 2.41. The normalized spacial score (nSPS) is 17.9. The lowest BCUT2D eigenvalue weighted by Gasteiger charge is -2.29. The highest BCUT2D eigenvalue weighted by atomic mass is 32.1. The number of nitrogens with zero attached hydrogens (tertiary/aromatic N) is 3. The quantitative estimate of drug-likeness (QED) is 0.366. The molecule has 2 aliphatic heterocycles. The number of fused-ring (bicyclic) bond motifs is 3. The molecule has 5 rings (SSSR count). The van der Waals surface area contributed by atoms with E-state index in [1.807, 2.05) is 64.1 Å². The third-order valence-electron chi connectivity index (χ3n) is 6.75. The van der Waals surface area contributed by atoms with Gasteiger partial charge in [-0.2, -0.15) is 5.10 Å². The van der Waals surface area contributed by atoms with Crippen LogP contribution in [0.25, 0.3) is 11.1 Å². The van der Waals surface area contributed by atoms with Gasteiger partial charge in [-0.3, -0.25) is 20.6 Å². The number of aliphatic imine (C=N–C) groups is 1. The number of aryl methyl sites for hydroxylation is 1. The molecule has 3 aromatic rings. The zero-order valence-corrected chi connectivity index (χ0v) is 24.6. The molecule has 2 atom stereocenters. The molecule has 41 heavy (non-hydrogen) atoms. The lowest BCUT2D eigenvalue weighted by molar-refractivity contribution is -0.139. The Balaban J connectivity index is 1.52. The van der Waals surface area contributed by atoms with Crippen molar-refractivity contribution in [3.63, 3.8) is 0 Å². The zero-order valence-electron chi connectivity index (χ0n) is 23.8. The van der Waals surface area contributed by atoms with Crippen LogP contribution in [0.3, 0.4) is 0 Å². The largest absolute Gasteiger partial charge is 0.482 e. The third-order valence-corrected chi connectivity index (χ3v) is 7.95. The van der Waals surface area contributed by atoms with Gasteiger partial charge < -0.3 is 14.6 Å². The van der Waals surface area contributed by atoms with Crippen LogP contribution >= 0.6 is 11.3 Å². The summed E-state index contributed by atoms with van der Waals surface area (Å²) in [5, 5.41) is 17.3. The second-order valence-electron chi connectivity index (χ2n) is 10.9. The highest BCUT2D eigenvalue weighted by molar-refractivity contribution is 7.17. The van der Waals surface area contributed by atoms with E-state index in [4.69, 9.17) is 19.6 Å². The molecule has 1 amide bonds. The number of aliphatic carboxylic acids is 1. The van der Waals surface area contributed by atoms with Gasteiger partial charge in [0.15, 0.2) is 18.9 Å². The number of carboxylic acid groups (broad SMARTS) is 1. The van der Waals surface area contributed by atoms with Crippen LogP contribution in [-0.4, -0.2) is 53.3 Å². The molecule has 0 saturated carbocycles. The number of hydrogen-bond donors (Lipinski definition) is 3. The lowest BCUT2D eigenvalue weighted by atomic mass is 9.97. The molecule has 10 nitrogen and oxygen atoms in total. The fourth-order valence-corrected chi connectivity index (χ4v) is 6.00. The van der Waals surface area contributed by atoms with Gasteiger partial charge >= 0.3 is 12.1 Å². The lowest BCUT2D eigenvalue weighted by Crippen LogP contribution is -2.54. The summed E-state index contributed by atoms with van der Waals surface area (Å²) in [6.07, 6.45) is -1.66. The first-order valence-electron chi connectivity index (χ1n) is 13.2. The van der Waals surface area contributed by atoms with Crippen molar-refractivity contribution >= 4 is 39.9 Å². The van der Waals surface area contributed by atoms with E-state index in [0.29, 0.717) is 5.75 Å². The summed E-state index contributed by atoms with van der Waals surface area (Å²) in [5.41, 5.74) is 8.27. The number of nitrogens with one attached hydrogen (secondary N) is 2. The summed E-state index contributed by atoms with van der Waals surface area (Å²) in [4.78, 5) is 32.0. The van der Waals surface area contributed by atoms with Crippen molar-refractivity contribution in [2.45, 2.75) is 59.5 Å². The molecule has 0 spiro atoms. The summed E-state index contributed by atoms with van der Waals surface area (Å²) in [6.45, 7) is 11.2. The van der Waals surface area contributed by atoms with Crippen molar-refractivity contribution in [1.82, 2.24) is 10.7 Å². The molecule has 0 fully saturated rings. The second-order valence-corrected chi connectivity index (χ2v) is 12.1. The molecule has 214 valence electrons. The maximum Gasteiger partial charge on any atom is 0.409 e. The predicted molar refractivity (Wildman–Crippen MR) is 160 cm³/mol. The number of hydrogen-bond acceptors (Lipinski definition) is 9. The number of carbonyl (C=O) groups is 2. The molecule has 2 aliphatic rings. The topological polar surface area (TPSA) is 125 Å². The smallest absolute Gasteiger partial charge is 0.409 e. The Bertz CT molecular complexity index is 1540. The van der Waals surface area contributed by atoms with E-state index in [0.717, 1.165) is 44.4 Å². The predicted octanol–water partition coefficient (Wildman–Crippen LogP) is 5.27. The number of carbonyl (C=O) groups excluding carboxylic acids is 1. The van der Waals surface area contributed by atoms with Crippen LogP contribution in [0.4, 0.5) is 9.80 Å². The van der Waals surface area contributed by atoms with Crippen LogP contribution in [-0.2, 0) is 9.53 Å². The SMILES string of the molecule is CC1=NNC2C(NC(=O)OC(C)(C)C)N=C(c3ccc(-c4ccc(OCC(=O)O)cc4)cc3)c3c(sc(C)c3C)N12. The van der Waals surface area contributed by atoms with Gasteiger partial charge in [-0.25, -0.2) is 9.59 Å². The number of ether oxygens (including phenoxy) is 2. The van der Waals surface area contributed by atoms with Gasteiger partial charge in [-0.1, -0.05) is 36.4 Å². The number of carboxylic acids is 1. The molecular weight excluding hydrogens is 542 g/mol. The summed E-state index contributed by atoms with van der Waals surface area (Å²) in [5.74, 6) is 0.261. The number of hydrazone groups is 1. The molecule has 0 bridgehead atoms. The molecular formula is C30H33N5O5S. The van der Waals surface area contributed by atoms with Crippen molar-refractivity contribution in [2.24, 2.45) is 10.1 Å². The number of thiophene rings is 1. The third kappa shape index (κ3) is 5.90. The van der Waals surface area contributed by atoms with Crippen LogP contribution < -0.4 is 20.4 Å². The number of benzene rings is 2. The van der Waals surface area contributed by atoms with E-state index >= 15 is 0 Å². The number of anilines is 1. The average Bonchev–Trinajstić information content (AvgIpc) is 3.39. The van der Waals surface area contributed by atoms with E-state index in [-0.39, 0.29) is 6.61 Å². The molecule has 2 unspecified atom stereocenters. The van der Waals surface area contributed by atoms with Gasteiger partial charge in [0, 0.05) is 16.0 Å². The van der Waals surface area contributed by atoms with Gasteiger partial charge in [-0.15, -0.1) is 11.3 Å². The first kappa shape index (κ1) is 28.2. The van der Waals surface area contributed by atoms with Gasteiger partial charge in [0.2, 0.25) is 0 Å². The van der Waals surface area contributed by atoms with Gasteiger partial charge in [0.1, 0.15) is 22.2 Å². The minimum Gasteiger partial charge on any atom is -0.482 e. The Labute approximate surface area is 242 Å². The Morgan fingerprint density at radius 1 is 1.02 bits per heavy atom. The molecule has 2 aromatic carbocycles. The Morgan fingerprint density at radius 2 is 1.63 bits per heavy atom. The van der Waals surface area contributed by atoms with E-state index < -0.39 is 30.0 Å². The summed E-state index contributed by atoms with van der Waals surface area (Å²) in [7, 11) is 0. The van der Waals surface area contributed by atoms with Crippen LogP contribution in [0.2, 0.25) is 0 Å². The van der Waals surface area contributed by atoms with Crippen LogP contribution in [0.5, 0.6) is 5.75 Å². The summed E-state index contributed by atoms with van der Waals surface area (Å²) >= 11 is 1.68. The minimum absolute atomic E-state index is 0.386. The summed E-state index contributed by atoms with van der Waals surface area (Å²) in [6, 6.07) is 15.4. The molecule has 0 radical (unpaired) electrons. The Kier molecular flexibility index (Phi) is 7.48. The Hall–Kier alpha value is -4.38. The standard InChI is InChI=1S/C30H33N5O5S/c1-16-17(2)41-28-24(16)25(31-26(27-34-33-18(3)35(27)28)32-29(38)40-30(4,5)6)21-9-7-19(8-10-21)20-11-13-22(14-12-20)39-15-23(36)37/h7-14,26-27,34H,15H2,1-6H3,(H,32,38)(H,36,37). The van der Waals surface area contributed by atoms with Crippen molar-refractivity contribution in [3.8, 4) is 16.9 Å². The fourth-order valence-electron chi connectivity index (χ4n) is 4.76. The fraction of sp³-hybridized carbons (Fsp3) is 0.333. The monoisotopic (exact) mass is 575 g/mol. The number of alkyl carbamates (subject to hydrolysis) is 1. The maximum absolute atomic E-state index is 12.9. The van der Waals surface area contributed by atoms with Crippen molar-refractivity contribution in [2.75, 3.05) is 11.5 Å². The van der Waals surface area contributed by atoms with Gasteiger partial charge in [0.25, 0.3) is 0 Å². The zero-order chi connectivity index (χ0) is 29.5. The van der Waals surface area contributed by atoms with Gasteiger partial charge in [0.05, 0.1) is 5.71 Å². The van der Waals surface area contributed by atoms with Crippen molar-refractivity contribution in [3.05, 3.63) is 70.1 Å². The van der Waals surface area contributed by atoms with E-state index in [1.54, 1.807) is 23.5 Å². The highest BCUT2D eigenvalue weighted by Gasteiger charge is 2.41. The first-order valence-corrected chi connectivity index (χ1v) is 14.0. The van der Waals surface area contributed by atoms with Crippen molar-refractivity contribution in [1.29, 1.82) is 0 Å².